The lowest BCUT2D eigenvalue weighted by Crippen LogP contribution is -1.97. The highest BCUT2D eigenvalue weighted by atomic mass is 35.5. The van der Waals surface area contributed by atoms with Gasteiger partial charge in [0, 0.05) is 15.7 Å². The van der Waals surface area contributed by atoms with E-state index in [0.717, 1.165) is 4.90 Å². The Morgan fingerprint density at radius 2 is 1.85 bits per heavy atom. The van der Waals surface area contributed by atoms with Crippen LogP contribution in [0.5, 0.6) is 0 Å². The van der Waals surface area contributed by atoms with Gasteiger partial charge in [0.05, 0.1) is 10.6 Å². The summed E-state index contributed by atoms with van der Waals surface area (Å²) in [4.78, 5) is 11.7. The van der Waals surface area contributed by atoms with E-state index >= 15 is 0 Å². The van der Waals surface area contributed by atoms with Gasteiger partial charge in [0.25, 0.3) is 0 Å². The molecule has 0 fully saturated rings. The van der Waals surface area contributed by atoms with E-state index in [-0.39, 0.29) is 16.4 Å². The van der Waals surface area contributed by atoms with Gasteiger partial charge in [-0.2, -0.15) is 0 Å². The van der Waals surface area contributed by atoms with Crippen LogP contribution in [-0.2, 0) is 5.75 Å². The predicted molar refractivity (Wildman–Crippen MR) is 79.4 cm³/mol. The fourth-order valence-electron chi connectivity index (χ4n) is 1.57. The number of carbonyl (C=O) groups is 1. The minimum Gasteiger partial charge on any atom is -0.478 e. The molecule has 20 heavy (non-hydrogen) atoms. The predicted octanol–water partition coefficient (Wildman–Crippen LogP) is 5.12. The van der Waals surface area contributed by atoms with Crippen molar-refractivity contribution < 1.29 is 14.3 Å². The molecule has 0 aliphatic carbocycles. The van der Waals surface area contributed by atoms with Gasteiger partial charge >= 0.3 is 5.97 Å². The Balaban J connectivity index is 2.17. The molecule has 1 N–H and O–H groups in total. The van der Waals surface area contributed by atoms with Crippen molar-refractivity contribution >= 4 is 40.9 Å². The molecule has 104 valence electrons. The van der Waals surface area contributed by atoms with Crippen molar-refractivity contribution in [1.82, 2.24) is 0 Å². The summed E-state index contributed by atoms with van der Waals surface area (Å²) in [6.45, 7) is 0. The monoisotopic (exact) mass is 330 g/mol. The van der Waals surface area contributed by atoms with Crippen LogP contribution in [0.3, 0.4) is 0 Å². The first-order valence-corrected chi connectivity index (χ1v) is 7.31. The van der Waals surface area contributed by atoms with Crippen molar-refractivity contribution in [2.75, 3.05) is 0 Å². The number of rotatable bonds is 4. The molecule has 0 saturated heterocycles. The second kappa shape index (κ2) is 6.48. The van der Waals surface area contributed by atoms with Crippen LogP contribution in [0.25, 0.3) is 0 Å². The van der Waals surface area contributed by atoms with Gasteiger partial charge in [-0.25, -0.2) is 9.18 Å². The quantitative estimate of drug-likeness (QED) is 0.790. The molecule has 2 nitrogen and oxygen atoms in total. The number of carboxylic acid groups (broad SMARTS) is 1. The molecule has 0 amide bonds. The first-order chi connectivity index (χ1) is 9.47. The Hall–Kier alpha value is -1.23. The molecule has 0 spiro atoms. The van der Waals surface area contributed by atoms with E-state index in [1.807, 2.05) is 0 Å². The van der Waals surface area contributed by atoms with E-state index < -0.39 is 5.97 Å². The number of carboxylic acids is 1. The van der Waals surface area contributed by atoms with E-state index in [2.05, 4.69) is 0 Å². The lowest BCUT2D eigenvalue weighted by molar-refractivity contribution is 0.0697. The summed E-state index contributed by atoms with van der Waals surface area (Å²) in [6, 6.07) is 8.89. The van der Waals surface area contributed by atoms with E-state index in [9.17, 15) is 9.18 Å². The minimum atomic E-state index is -1.08. The number of halogens is 3. The Morgan fingerprint density at radius 1 is 1.15 bits per heavy atom. The van der Waals surface area contributed by atoms with Gasteiger partial charge in [0.2, 0.25) is 0 Å². The zero-order chi connectivity index (χ0) is 14.7. The van der Waals surface area contributed by atoms with Crippen LogP contribution in [0.4, 0.5) is 4.39 Å². The van der Waals surface area contributed by atoms with Crippen molar-refractivity contribution in [3.8, 4) is 0 Å². The smallest absolute Gasteiger partial charge is 0.337 e. The number of hydrogen-bond donors (Lipinski definition) is 1. The average molecular weight is 331 g/mol. The highest BCUT2D eigenvalue weighted by Crippen LogP contribution is 2.29. The zero-order valence-electron chi connectivity index (χ0n) is 10.1. The summed E-state index contributed by atoms with van der Waals surface area (Å²) in [6.07, 6.45) is 0. The maximum Gasteiger partial charge on any atom is 0.337 e. The summed E-state index contributed by atoms with van der Waals surface area (Å²) >= 11 is 13.1. The number of thioether (sulfide) groups is 1. The number of benzene rings is 2. The van der Waals surface area contributed by atoms with Crippen LogP contribution < -0.4 is 0 Å². The zero-order valence-corrected chi connectivity index (χ0v) is 12.4. The van der Waals surface area contributed by atoms with Gasteiger partial charge < -0.3 is 5.11 Å². The Kier molecular flexibility index (Phi) is 4.91. The molecule has 0 radical (unpaired) electrons. The van der Waals surface area contributed by atoms with Gasteiger partial charge in [-0.1, -0.05) is 23.2 Å². The molecule has 0 bridgehead atoms. The molecule has 0 unspecified atom stereocenters. The van der Waals surface area contributed by atoms with E-state index in [4.69, 9.17) is 28.3 Å². The molecule has 2 aromatic carbocycles. The Labute approximate surface area is 129 Å². The standard InChI is InChI=1S/C14H9Cl2FO2S/c15-12-3-1-9(17)5-8(12)7-20-10-2-4-13(16)11(6-10)14(18)19/h1-6H,7H2,(H,18,19). The molecule has 2 rings (SSSR count). The topological polar surface area (TPSA) is 37.3 Å². The van der Waals surface area contributed by atoms with Crippen LogP contribution in [0.1, 0.15) is 15.9 Å². The van der Waals surface area contributed by atoms with Crippen LogP contribution in [0.15, 0.2) is 41.3 Å². The van der Waals surface area contributed by atoms with E-state index in [1.54, 1.807) is 6.07 Å². The van der Waals surface area contributed by atoms with E-state index in [0.29, 0.717) is 16.3 Å². The molecule has 6 heteroatoms. The highest BCUT2D eigenvalue weighted by molar-refractivity contribution is 7.98. The van der Waals surface area contributed by atoms with Gasteiger partial charge in [0.1, 0.15) is 5.82 Å². The summed E-state index contributed by atoms with van der Waals surface area (Å²) in [5.41, 5.74) is 0.700. The maximum absolute atomic E-state index is 13.1. The van der Waals surface area contributed by atoms with Crippen molar-refractivity contribution in [3.05, 3.63) is 63.4 Å². The van der Waals surface area contributed by atoms with Gasteiger partial charge in [-0.3, -0.25) is 0 Å². The summed E-state index contributed by atoms with van der Waals surface area (Å²) in [5.74, 6) is -0.995. The van der Waals surface area contributed by atoms with Crippen molar-refractivity contribution in [2.24, 2.45) is 0 Å². The molecule has 0 aliphatic heterocycles. The summed E-state index contributed by atoms with van der Waals surface area (Å²) in [5, 5.41) is 9.66. The highest BCUT2D eigenvalue weighted by Gasteiger charge is 2.10. The SMILES string of the molecule is O=C(O)c1cc(SCc2cc(F)ccc2Cl)ccc1Cl. The summed E-state index contributed by atoms with van der Waals surface area (Å²) in [7, 11) is 0. The van der Waals surface area contributed by atoms with Gasteiger partial charge in [-0.05, 0) is 42.0 Å². The normalized spacial score (nSPS) is 10.6. The second-order valence-corrected chi connectivity index (χ2v) is 5.83. The molecule has 0 aromatic heterocycles. The Bertz CT molecular complexity index is 662. The molecule has 2 aromatic rings. The first-order valence-electron chi connectivity index (χ1n) is 5.57. The molecule has 0 heterocycles. The van der Waals surface area contributed by atoms with Crippen molar-refractivity contribution in [2.45, 2.75) is 10.6 Å². The van der Waals surface area contributed by atoms with E-state index in [1.165, 1.54) is 42.1 Å². The largest absolute Gasteiger partial charge is 0.478 e. The molecule has 0 atom stereocenters. The van der Waals surface area contributed by atoms with Crippen molar-refractivity contribution in [1.29, 1.82) is 0 Å². The van der Waals surface area contributed by atoms with Crippen LogP contribution in [0.2, 0.25) is 10.0 Å². The fraction of sp³-hybridized carbons (Fsp3) is 0.0714. The lowest BCUT2D eigenvalue weighted by atomic mass is 10.2. The molecular weight excluding hydrogens is 322 g/mol. The second-order valence-electron chi connectivity index (χ2n) is 3.97. The average Bonchev–Trinajstić information content (AvgIpc) is 2.41. The lowest BCUT2D eigenvalue weighted by Gasteiger charge is -2.06. The maximum atomic E-state index is 13.1. The molecule has 0 aliphatic rings. The van der Waals surface area contributed by atoms with Crippen LogP contribution in [0, 0.1) is 5.82 Å². The van der Waals surface area contributed by atoms with Crippen molar-refractivity contribution in [3.63, 3.8) is 0 Å². The first kappa shape index (κ1) is 15.2. The van der Waals surface area contributed by atoms with Gasteiger partial charge in [0.15, 0.2) is 0 Å². The number of aromatic carboxylic acids is 1. The Morgan fingerprint density at radius 3 is 2.55 bits per heavy atom. The fourth-order valence-corrected chi connectivity index (χ4v) is 2.96. The third kappa shape index (κ3) is 3.66. The van der Waals surface area contributed by atoms with Crippen LogP contribution >= 0.6 is 35.0 Å². The molecular formula is C14H9Cl2FO2S. The molecule has 0 saturated carbocycles. The summed E-state index contributed by atoms with van der Waals surface area (Å²) < 4.78 is 13.1. The third-order valence-electron chi connectivity index (χ3n) is 2.57. The van der Waals surface area contributed by atoms with Crippen LogP contribution in [-0.4, -0.2) is 11.1 Å². The number of hydrogen-bond acceptors (Lipinski definition) is 2. The third-order valence-corrected chi connectivity index (χ3v) is 4.31. The van der Waals surface area contributed by atoms with Gasteiger partial charge in [-0.15, -0.1) is 11.8 Å². The minimum absolute atomic E-state index is 0.0435.